The molecular formula is C34H57N4O4P. The van der Waals surface area contributed by atoms with Crippen molar-refractivity contribution in [1.82, 2.24) is 20.9 Å². The van der Waals surface area contributed by atoms with Gasteiger partial charge < -0.3 is 25.9 Å². The molecule has 5 unspecified atom stereocenters. The monoisotopic (exact) mass is 616 g/mol. The predicted molar refractivity (Wildman–Crippen MR) is 182 cm³/mol. The Labute approximate surface area is 262 Å². The number of hydrogen-bond acceptors (Lipinski definition) is 6. The number of amides is 2. The number of carbonyl (C=O) groups excluding carboxylic acids is 3. The molecule has 0 bridgehead atoms. The van der Waals surface area contributed by atoms with E-state index in [4.69, 9.17) is 5.11 Å². The maximum atomic E-state index is 12.4. The number of rotatable bonds is 17. The van der Waals surface area contributed by atoms with Crippen LogP contribution in [-0.2, 0) is 14.4 Å². The minimum atomic E-state index is -0.527. The third-order valence-electron chi connectivity index (χ3n) is 7.99. The van der Waals surface area contributed by atoms with Gasteiger partial charge in [-0.3, -0.25) is 14.5 Å². The van der Waals surface area contributed by atoms with E-state index in [1.54, 1.807) is 7.05 Å². The van der Waals surface area contributed by atoms with Crippen LogP contribution in [0, 0.1) is 0 Å². The maximum Gasteiger partial charge on any atom is 0.238 e. The van der Waals surface area contributed by atoms with E-state index in [9.17, 15) is 14.4 Å². The average Bonchev–Trinajstić information content (AvgIpc) is 3.41. The number of hydrogen-bond donors (Lipinski definition) is 4. The molecule has 0 aromatic rings. The fourth-order valence-electron chi connectivity index (χ4n) is 5.17. The van der Waals surface area contributed by atoms with E-state index >= 15 is 0 Å². The molecule has 0 radical (unpaired) electrons. The van der Waals surface area contributed by atoms with E-state index in [-0.39, 0.29) is 30.5 Å². The Morgan fingerprint density at radius 3 is 2.56 bits per heavy atom. The molecule has 43 heavy (non-hydrogen) atoms. The summed E-state index contributed by atoms with van der Waals surface area (Å²) in [6, 6.07) is -0.258. The Morgan fingerprint density at radius 2 is 2.00 bits per heavy atom. The third-order valence-corrected chi connectivity index (χ3v) is 8.95. The van der Waals surface area contributed by atoms with Crippen molar-refractivity contribution in [2.24, 2.45) is 0 Å². The first kappa shape index (κ1) is 38.6. The van der Waals surface area contributed by atoms with Crippen molar-refractivity contribution < 1.29 is 19.5 Å². The second-order valence-corrected chi connectivity index (χ2v) is 12.4. The van der Waals surface area contributed by atoms with Crippen LogP contribution in [0.1, 0.15) is 78.6 Å². The van der Waals surface area contributed by atoms with Crippen molar-refractivity contribution in [2.45, 2.75) is 103 Å². The average molecular weight is 617 g/mol. The van der Waals surface area contributed by atoms with Gasteiger partial charge >= 0.3 is 0 Å². The molecule has 1 fully saturated rings. The van der Waals surface area contributed by atoms with Gasteiger partial charge in [-0.05, 0) is 98.0 Å². The van der Waals surface area contributed by atoms with Crippen LogP contribution in [0.4, 0.5) is 0 Å². The van der Waals surface area contributed by atoms with Gasteiger partial charge in [-0.15, -0.1) is 0 Å². The summed E-state index contributed by atoms with van der Waals surface area (Å²) in [5, 5.41) is 19.0. The van der Waals surface area contributed by atoms with E-state index in [0.717, 1.165) is 59.0 Å². The molecule has 1 saturated heterocycles. The molecule has 1 aliphatic carbocycles. The van der Waals surface area contributed by atoms with Gasteiger partial charge in [-0.1, -0.05) is 68.9 Å². The van der Waals surface area contributed by atoms with Gasteiger partial charge in [0.1, 0.15) is 6.29 Å². The van der Waals surface area contributed by atoms with Crippen LogP contribution in [0.15, 0.2) is 59.0 Å². The van der Waals surface area contributed by atoms with Gasteiger partial charge in [0.05, 0.1) is 18.1 Å². The van der Waals surface area contributed by atoms with Crippen molar-refractivity contribution in [2.75, 3.05) is 33.9 Å². The van der Waals surface area contributed by atoms with Crippen LogP contribution >= 0.6 is 8.58 Å². The van der Waals surface area contributed by atoms with Crippen molar-refractivity contribution >= 4 is 26.7 Å². The molecule has 1 heterocycles. The number of aldehydes is 1. The maximum absolute atomic E-state index is 12.4. The zero-order valence-electron chi connectivity index (χ0n) is 27.3. The van der Waals surface area contributed by atoms with Crippen molar-refractivity contribution in [3.05, 3.63) is 59.0 Å². The summed E-state index contributed by atoms with van der Waals surface area (Å²) in [5.41, 5.74) is 2.40. The number of nitrogens with zero attached hydrogens (tertiary/aromatic N) is 1. The minimum Gasteiger partial charge on any atom is -0.396 e. The standard InChI is InChI=1S/C19H33N2OP.C15H24N2O3/c1-6-8-16(10-9-15(3)23-5)13-14-20-19(22)18-12-11-17(7-2)21(18)4;1-16-14(10-12-6-3-2-4-7-12)15(20)17-13(11-19)8-5-9-18/h6,8-10,17-18,23H,7,11-14H2,1-5H3,(H,20,22);3,6-7,11,13-14,16,18H,2,4-5,8-10H2,1H3,(H,17,20)/b8-6-,15-9+,16-10+;. The molecule has 1 aliphatic heterocycles. The number of likely N-dealkylation sites (N-methyl/N-ethyl adjacent to an activating group) is 2. The zero-order valence-corrected chi connectivity index (χ0v) is 28.3. The quantitative estimate of drug-likeness (QED) is 0.106. The number of nitrogens with one attached hydrogen (secondary N) is 3. The summed E-state index contributed by atoms with van der Waals surface area (Å²) in [7, 11) is 4.66. The zero-order chi connectivity index (χ0) is 32.0. The number of carbonyl (C=O) groups is 3. The molecule has 0 aromatic carbocycles. The third kappa shape index (κ3) is 15.3. The van der Waals surface area contributed by atoms with Gasteiger partial charge in [-0.2, -0.15) is 0 Å². The summed E-state index contributed by atoms with van der Waals surface area (Å²) in [5.74, 6) is 0.00690. The van der Waals surface area contributed by atoms with E-state index < -0.39 is 6.04 Å². The highest BCUT2D eigenvalue weighted by atomic mass is 31.1. The molecule has 9 heteroatoms. The minimum absolute atomic E-state index is 0.0212. The molecule has 5 atom stereocenters. The van der Waals surface area contributed by atoms with E-state index in [1.807, 2.05) is 13.0 Å². The van der Waals surface area contributed by atoms with Gasteiger partial charge in [0.15, 0.2) is 0 Å². The Balaban J connectivity index is 0.000000434. The SMILES string of the molecule is CNC(CC1=CCCC=C1)C(=O)NC(C=O)CCCO.C\C=C/C(=C\C=C(/C)PC)CCNC(=O)C1CCC(CC)N1C. The summed E-state index contributed by atoms with van der Waals surface area (Å²) in [6.07, 6.45) is 23.3. The molecule has 2 aliphatic rings. The molecule has 0 spiro atoms. The molecule has 0 saturated carbocycles. The Hall–Kier alpha value is -2.38. The topological polar surface area (TPSA) is 111 Å². The first-order valence-electron chi connectivity index (χ1n) is 15.8. The molecular weight excluding hydrogens is 559 g/mol. The lowest BCUT2D eigenvalue weighted by Crippen LogP contribution is -2.47. The van der Waals surface area contributed by atoms with Crippen LogP contribution < -0.4 is 16.0 Å². The van der Waals surface area contributed by atoms with Crippen LogP contribution in [0.25, 0.3) is 0 Å². The lowest BCUT2D eigenvalue weighted by Gasteiger charge is -2.24. The molecule has 2 rings (SSSR count). The molecule has 4 N–H and O–H groups in total. The van der Waals surface area contributed by atoms with Gasteiger partial charge in [0, 0.05) is 19.2 Å². The first-order chi connectivity index (χ1) is 20.7. The number of aliphatic hydroxyl groups excluding tert-OH is 1. The van der Waals surface area contributed by atoms with E-state index in [2.05, 4.69) is 84.9 Å². The van der Waals surface area contributed by atoms with Crippen molar-refractivity contribution in [3.63, 3.8) is 0 Å². The lowest BCUT2D eigenvalue weighted by molar-refractivity contribution is -0.126. The fraction of sp³-hybridized carbons (Fsp3) is 0.618. The van der Waals surface area contributed by atoms with Crippen LogP contribution in [0.5, 0.6) is 0 Å². The molecule has 242 valence electrons. The van der Waals surface area contributed by atoms with E-state index in [0.29, 0.717) is 31.8 Å². The molecule has 8 nitrogen and oxygen atoms in total. The number of aliphatic hydroxyl groups is 1. The highest BCUT2D eigenvalue weighted by Gasteiger charge is 2.33. The number of likely N-dealkylation sites (tertiary alicyclic amines) is 1. The van der Waals surface area contributed by atoms with Gasteiger partial charge in [0.25, 0.3) is 0 Å². The summed E-state index contributed by atoms with van der Waals surface area (Å²) in [4.78, 5) is 37.7. The van der Waals surface area contributed by atoms with Gasteiger partial charge in [0.2, 0.25) is 11.8 Å². The Kier molecular flexibility index (Phi) is 20.7. The predicted octanol–water partition coefficient (Wildman–Crippen LogP) is 4.78. The Morgan fingerprint density at radius 1 is 1.23 bits per heavy atom. The van der Waals surface area contributed by atoms with Crippen molar-refractivity contribution in [3.8, 4) is 0 Å². The molecule has 2 amide bonds. The lowest BCUT2D eigenvalue weighted by atomic mass is 9.99. The number of allylic oxidation sites excluding steroid dienone is 8. The van der Waals surface area contributed by atoms with Crippen LogP contribution in [-0.4, -0.2) is 86.2 Å². The summed E-state index contributed by atoms with van der Waals surface area (Å²) >= 11 is 0. The smallest absolute Gasteiger partial charge is 0.238 e. The summed E-state index contributed by atoms with van der Waals surface area (Å²) < 4.78 is 0. The van der Waals surface area contributed by atoms with E-state index in [1.165, 1.54) is 10.9 Å². The normalized spacial score (nSPS) is 21.0. The van der Waals surface area contributed by atoms with Crippen LogP contribution in [0.3, 0.4) is 0 Å². The second kappa shape index (κ2) is 23.1. The van der Waals surface area contributed by atoms with Crippen LogP contribution in [0.2, 0.25) is 0 Å². The first-order valence-corrected chi connectivity index (χ1v) is 17.3. The summed E-state index contributed by atoms with van der Waals surface area (Å²) in [6.45, 7) is 9.30. The highest BCUT2D eigenvalue weighted by Crippen LogP contribution is 2.24. The van der Waals surface area contributed by atoms with Crippen molar-refractivity contribution in [1.29, 1.82) is 0 Å². The largest absolute Gasteiger partial charge is 0.396 e. The molecule has 0 aromatic heterocycles. The highest BCUT2D eigenvalue weighted by molar-refractivity contribution is 7.42. The van der Waals surface area contributed by atoms with Gasteiger partial charge in [-0.25, -0.2) is 0 Å². The Bertz CT molecular complexity index is 1000. The fourth-order valence-corrected chi connectivity index (χ4v) is 5.42. The second-order valence-electron chi connectivity index (χ2n) is 11.1.